The highest BCUT2D eigenvalue weighted by molar-refractivity contribution is 5.09. The van der Waals surface area contributed by atoms with E-state index < -0.39 is 0 Å². The minimum atomic E-state index is 0.495. The second kappa shape index (κ2) is 4.51. The van der Waals surface area contributed by atoms with Crippen molar-refractivity contribution in [2.24, 2.45) is 28.4 Å². The number of nitrogens with two attached hydrogens (primary N) is 1. The molecule has 0 saturated heterocycles. The maximum atomic E-state index is 6.67. The topological polar surface area (TPSA) is 26.0 Å². The molecule has 1 heteroatoms. The molecule has 1 nitrogen and oxygen atoms in total. The Morgan fingerprint density at radius 3 is 2.33 bits per heavy atom. The first kappa shape index (κ1) is 13.0. The normalized spacial score (nSPS) is 47.5. The van der Waals surface area contributed by atoms with Gasteiger partial charge >= 0.3 is 0 Å². The van der Waals surface area contributed by atoms with E-state index in [0.717, 1.165) is 11.8 Å². The number of unbranched alkanes of at least 4 members (excludes halogenated alkanes) is 2. The van der Waals surface area contributed by atoms with Crippen molar-refractivity contribution in [1.82, 2.24) is 0 Å². The van der Waals surface area contributed by atoms with Gasteiger partial charge in [-0.05, 0) is 67.6 Å². The molecule has 4 saturated carbocycles. The van der Waals surface area contributed by atoms with E-state index in [2.05, 4.69) is 13.8 Å². The monoisotopic (exact) mass is 249 g/mol. The Kier molecular flexibility index (Phi) is 3.25. The molecule has 104 valence electrons. The van der Waals surface area contributed by atoms with E-state index in [1.807, 2.05) is 0 Å². The zero-order chi connectivity index (χ0) is 12.8. The Morgan fingerprint density at radius 2 is 1.78 bits per heavy atom. The third kappa shape index (κ3) is 2.13. The summed E-state index contributed by atoms with van der Waals surface area (Å²) in [7, 11) is 0. The van der Waals surface area contributed by atoms with Gasteiger partial charge in [0.05, 0.1) is 0 Å². The molecule has 18 heavy (non-hydrogen) atoms. The van der Waals surface area contributed by atoms with Crippen LogP contribution in [0.5, 0.6) is 0 Å². The third-order valence-electron chi connectivity index (χ3n) is 6.30. The van der Waals surface area contributed by atoms with Gasteiger partial charge < -0.3 is 5.73 Å². The summed E-state index contributed by atoms with van der Waals surface area (Å²) in [5.74, 6) is 2.04. The number of hydrogen-bond donors (Lipinski definition) is 1. The fraction of sp³-hybridized carbons (Fsp3) is 1.00. The van der Waals surface area contributed by atoms with Crippen molar-refractivity contribution in [1.29, 1.82) is 0 Å². The van der Waals surface area contributed by atoms with Crippen molar-refractivity contribution in [3.8, 4) is 0 Å². The average molecular weight is 249 g/mol. The smallest absolute Gasteiger partial charge is 0.00959 e. The molecular weight excluding hydrogens is 218 g/mol. The minimum Gasteiger partial charge on any atom is -0.327 e. The van der Waals surface area contributed by atoms with E-state index in [0.29, 0.717) is 16.9 Å². The molecule has 4 aliphatic rings. The van der Waals surface area contributed by atoms with Crippen LogP contribution in [0.4, 0.5) is 0 Å². The zero-order valence-corrected chi connectivity index (χ0v) is 12.4. The molecule has 4 aliphatic carbocycles. The molecule has 0 aromatic heterocycles. The second-order valence-corrected chi connectivity index (χ2v) is 8.24. The van der Waals surface area contributed by atoms with Crippen molar-refractivity contribution in [3.05, 3.63) is 0 Å². The van der Waals surface area contributed by atoms with E-state index >= 15 is 0 Å². The zero-order valence-electron chi connectivity index (χ0n) is 12.4. The van der Waals surface area contributed by atoms with Crippen LogP contribution in [-0.4, -0.2) is 6.04 Å². The van der Waals surface area contributed by atoms with Gasteiger partial charge in [-0.2, -0.15) is 0 Å². The van der Waals surface area contributed by atoms with Gasteiger partial charge in [0.1, 0.15) is 0 Å². The van der Waals surface area contributed by atoms with Crippen LogP contribution in [-0.2, 0) is 0 Å². The first-order chi connectivity index (χ1) is 8.55. The maximum absolute atomic E-state index is 6.67. The predicted molar refractivity (Wildman–Crippen MR) is 77.3 cm³/mol. The van der Waals surface area contributed by atoms with Crippen LogP contribution in [0.1, 0.15) is 78.1 Å². The van der Waals surface area contributed by atoms with Crippen molar-refractivity contribution >= 4 is 0 Å². The van der Waals surface area contributed by atoms with E-state index in [1.54, 1.807) is 0 Å². The first-order valence-corrected chi connectivity index (χ1v) is 8.31. The summed E-state index contributed by atoms with van der Waals surface area (Å²) in [5.41, 5.74) is 7.88. The van der Waals surface area contributed by atoms with E-state index in [1.165, 1.54) is 64.2 Å². The number of hydrogen-bond acceptors (Lipinski definition) is 1. The highest BCUT2D eigenvalue weighted by atomic mass is 14.7. The maximum Gasteiger partial charge on any atom is 0.00959 e. The summed E-state index contributed by atoms with van der Waals surface area (Å²) in [6, 6.07) is 0.495. The summed E-state index contributed by atoms with van der Waals surface area (Å²) in [6.45, 7) is 4.84. The molecule has 0 radical (unpaired) electrons. The Bertz CT molecular complexity index is 295. The summed E-state index contributed by atoms with van der Waals surface area (Å²) in [5, 5.41) is 0. The quantitative estimate of drug-likeness (QED) is 0.713. The van der Waals surface area contributed by atoms with Crippen LogP contribution in [0.3, 0.4) is 0 Å². The molecule has 0 aliphatic heterocycles. The highest BCUT2D eigenvalue weighted by Crippen LogP contribution is 2.66. The van der Waals surface area contributed by atoms with Crippen LogP contribution >= 0.6 is 0 Å². The Balaban J connectivity index is 1.70. The Labute approximate surface area is 113 Å². The SMILES string of the molecule is CCCCCC(N)C12CC3CC(CC(C)(C3)C1)C2. The molecule has 2 N–H and O–H groups in total. The van der Waals surface area contributed by atoms with Gasteiger partial charge in [-0.25, -0.2) is 0 Å². The Morgan fingerprint density at radius 1 is 1.11 bits per heavy atom. The fourth-order valence-corrected chi connectivity index (χ4v) is 6.15. The van der Waals surface area contributed by atoms with Crippen LogP contribution in [0.2, 0.25) is 0 Å². The molecule has 3 unspecified atom stereocenters. The molecule has 0 heterocycles. The lowest BCUT2D eigenvalue weighted by molar-refractivity contribution is -0.114. The van der Waals surface area contributed by atoms with Crippen molar-refractivity contribution in [2.75, 3.05) is 0 Å². The number of rotatable bonds is 5. The van der Waals surface area contributed by atoms with Gasteiger partial charge in [0, 0.05) is 6.04 Å². The van der Waals surface area contributed by atoms with Crippen LogP contribution in [0.15, 0.2) is 0 Å². The molecule has 0 aromatic rings. The predicted octanol–water partition coefficient (Wildman–Crippen LogP) is 4.50. The average Bonchev–Trinajstić information content (AvgIpc) is 2.25. The Hall–Kier alpha value is -0.0400. The first-order valence-electron chi connectivity index (χ1n) is 8.31. The molecule has 3 atom stereocenters. The molecule has 4 rings (SSSR count). The second-order valence-electron chi connectivity index (χ2n) is 8.24. The summed E-state index contributed by atoms with van der Waals surface area (Å²) in [6.07, 6.45) is 14.2. The van der Waals surface area contributed by atoms with Crippen LogP contribution in [0, 0.1) is 22.7 Å². The van der Waals surface area contributed by atoms with Gasteiger partial charge in [0.15, 0.2) is 0 Å². The van der Waals surface area contributed by atoms with Crippen molar-refractivity contribution in [3.63, 3.8) is 0 Å². The lowest BCUT2D eigenvalue weighted by Gasteiger charge is -2.63. The van der Waals surface area contributed by atoms with Gasteiger partial charge in [0.25, 0.3) is 0 Å². The molecule has 4 fully saturated rings. The van der Waals surface area contributed by atoms with Gasteiger partial charge in [-0.15, -0.1) is 0 Å². The molecule has 0 amide bonds. The summed E-state index contributed by atoms with van der Waals surface area (Å²) >= 11 is 0. The third-order valence-corrected chi connectivity index (χ3v) is 6.30. The van der Waals surface area contributed by atoms with Crippen LogP contribution < -0.4 is 5.73 Å². The van der Waals surface area contributed by atoms with Gasteiger partial charge in [-0.1, -0.05) is 33.1 Å². The van der Waals surface area contributed by atoms with Gasteiger partial charge in [0.2, 0.25) is 0 Å². The standard InChI is InChI=1S/C17H31N/c1-3-4-5-6-15(18)17-10-13-7-14(11-17)9-16(2,8-13)12-17/h13-15H,3-12,18H2,1-2H3. The lowest BCUT2D eigenvalue weighted by atomic mass is 9.43. The largest absolute Gasteiger partial charge is 0.327 e. The van der Waals surface area contributed by atoms with Crippen LogP contribution in [0.25, 0.3) is 0 Å². The molecule has 0 aromatic carbocycles. The van der Waals surface area contributed by atoms with Gasteiger partial charge in [-0.3, -0.25) is 0 Å². The van der Waals surface area contributed by atoms with E-state index in [-0.39, 0.29) is 0 Å². The molecular formula is C17H31N. The minimum absolute atomic E-state index is 0.495. The highest BCUT2D eigenvalue weighted by Gasteiger charge is 2.57. The fourth-order valence-electron chi connectivity index (χ4n) is 6.15. The molecule has 0 spiro atoms. The lowest BCUT2D eigenvalue weighted by Crippen LogP contribution is -2.57. The van der Waals surface area contributed by atoms with E-state index in [9.17, 15) is 0 Å². The molecule has 4 bridgehead atoms. The van der Waals surface area contributed by atoms with Crippen molar-refractivity contribution in [2.45, 2.75) is 84.1 Å². The summed E-state index contributed by atoms with van der Waals surface area (Å²) < 4.78 is 0. The van der Waals surface area contributed by atoms with Crippen molar-refractivity contribution < 1.29 is 0 Å². The van der Waals surface area contributed by atoms with E-state index in [4.69, 9.17) is 5.73 Å². The summed E-state index contributed by atoms with van der Waals surface area (Å²) in [4.78, 5) is 0.